The summed E-state index contributed by atoms with van der Waals surface area (Å²) >= 11 is 0. The summed E-state index contributed by atoms with van der Waals surface area (Å²) in [5.41, 5.74) is 2.21. The van der Waals surface area contributed by atoms with Crippen molar-refractivity contribution in [2.45, 2.75) is 18.5 Å². The van der Waals surface area contributed by atoms with Crippen LogP contribution in [-0.4, -0.2) is 44.2 Å². The highest BCUT2D eigenvalue weighted by Crippen LogP contribution is 2.31. The maximum absolute atomic E-state index is 12.7. The van der Waals surface area contributed by atoms with Crippen LogP contribution in [0, 0.1) is 0 Å². The molecule has 0 aromatic carbocycles. The molecule has 3 aromatic rings. The van der Waals surface area contributed by atoms with Gasteiger partial charge >= 0.3 is 0 Å². The maximum atomic E-state index is 12.7. The monoisotopic (exact) mass is 335 g/mol. The van der Waals surface area contributed by atoms with Gasteiger partial charge in [-0.2, -0.15) is 0 Å². The van der Waals surface area contributed by atoms with Gasteiger partial charge in [0.2, 0.25) is 5.91 Å². The predicted octanol–water partition coefficient (Wildman–Crippen LogP) is 1.43. The summed E-state index contributed by atoms with van der Waals surface area (Å²) in [6.45, 7) is 0. The Labute approximate surface area is 144 Å². The van der Waals surface area contributed by atoms with Crippen LogP contribution in [0.25, 0.3) is 5.65 Å². The molecule has 0 radical (unpaired) electrons. The molecule has 7 heteroatoms. The van der Waals surface area contributed by atoms with Gasteiger partial charge in [-0.05, 0) is 23.8 Å². The van der Waals surface area contributed by atoms with E-state index in [2.05, 4.69) is 15.3 Å². The molecule has 2 amide bonds. The fraction of sp³-hybridized carbons (Fsp3) is 0.222. The molecule has 126 valence electrons. The Morgan fingerprint density at radius 3 is 2.96 bits per heavy atom. The van der Waals surface area contributed by atoms with E-state index >= 15 is 0 Å². The average Bonchev–Trinajstić information content (AvgIpc) is 3.20. The van der Waals surface area contributed by atoms with Gasteiger partial charge in [0, 0.05) is 44.5 Å². The predicted molar refractivity (Wildman–Crippen MR) is 90.8 cm³/mol. The van der Waals surface area contributed by atoms with Gasteiger partial charge in [0.05, 0.1) is 17.6 Å². The van der Waals surface area contributed by atoms with Gasteiger partial charge in [0.25, 0.3) is 5.91 Å². The fourth-order valence-electron chi connectivity index (χ4n) is 3.31. The van der Waals surface area contributed by atoms with Crippen molar-refractivity contribution >= 4 is 17.5 Å². The molecule has 7 nitrogen and oxygen atoms in total. The van der Waals surface area contributed by atoms with E-state index in [0.29, 0.717) is 5.56 Å². The number of nitrogens with one attached hydrogen (secondary N) is 1. The normalized spacial score (nSPS) is 20.2. The summed E-state index contributed by atoms with van der Waals surface area (Å²) in [6.07, 6.45) is 8.90. The number of likely N-dealkylation sites (N-methyl/N-ethyl adjacent to an activating group) is 1. The van der Waals surface area contributed by atoms with Gasteiger partial charge in [-0.1, -0.05) is 6.07 Å². The van der Waals surface area contributed by atoms with Crippen LogP contribution in [0.1, 0.15) is 28.4 Å². The Balaban J connectivity index is 1.59. The van der Waals surface area contributed by atoms with Crippen molar-refractivity contribution in [2.24, 2.45) is 0 Å². The van der Waals surface area contributed by atoms with Crippen molar-refractivity contribution in [1.82, 2.24) is 24.6 Å². The van der Waals surface area contributed by atoms with Crippen LogP contribution in [0.4, 0.5) is 0 Å². The molecule has 1 N–H and O–H groups in total. The van der Waals surface area contributed by atoms with Crippen LogP contribution in [0.5, 0.6) is 0 Å². The largest absolute Gasteiger partial charge is 0.346 e. The van der Waals surface area contributed by atoms with Crippen molar-refractivity contribution in [3.8, 4) is 0 Å². The molecule has 1 aliphatic heterocycles. The molecule has 1 aliphatic rings. The zero-order valence-corrected chi connectivity index (χ0v) is 13.7. The number of pyridine rings is 2. The van der Waals surface area contributed by atoms with Gasteiger partial charge in [-0.25, -0.2) is 4.98 Å². The second kappa shape index (κ2) is 6.01. The summed E-state index contributed by atoms with van der Waals surface area (Å²) in [5, 5.41) is 3.00. The van der Waals surface area contributed by atoms with E-state index in [4.69, 9.17) is 0 Å². The summed E-state index contributed by atoms with van der Waals surface area (Å²) in [7, 11) is 1.75. The highest BCUT2D eigenvalue weighted by Gasteiger charge is 2.39. The zero-order valence-electron chi connectivity index (χ0n) is 13.7. The lowest BCUT2D eigenvalue weighted by atomic mass is 10.0. The SMILES string of the molecule is CN1C(=O)C[C@@H](NC(=O)c2ccc3nccn3c2)[C@@H]1c1cccnc1. The lowest BCUT2D eigenvalue weighted by molar-refractivity contribution is -0.127. The topological polar surface area (TPSA) is 79.6 Å². The number of fused-ring (bicyclic) bond motifs is 1. The second-order valence-corrected chi connectivity index (χ2v) is 6.13. The van der Waals surface area contributed by atoms with Gasteiger partial charge in [0.15, 0.2) is 0 Å². The molecular formula is C18H17N5O2. The number of carbonyl (C=O) groups excluding carboxylic acids is 2. The first-order valence-electron chi connectivity index (χ1n) is 8.02. The Morgan fingerprint density at radius 2 is 2.16 bits per heavy atom. The number of amides is 2. The Morgan fingerprint density at radius 1 is 1.28 bits per heavy atom. The van der Waals surface area contributed by atoms with E-state index in [1.165, 1.54) is 0 Å². The molecule has 1 saturated heterocycles. The number of aromatic nitrogens is 3. The molecule has 1 fully saturated rings. The highest BCUT2D eigenvalue weighted by molar-refractivity contribution is 5.95. The third-order valence-electron chi connectivity index (χ3n) is 4.58. The third kappa shape index (κ3) is 2.73. The molecule has 0 aliphatic carbocycles. The van der Waals surface area contributed by atoms with E-state index < -0.39 is 0 Å². The summed E-state index contributed by atoms with van der Waals surface area (Å²) in [6, 6.07) is 6.76. The van der Waals surface area contributed by atoms with Crippen LogP contribution in [0.3, 0.4) is 0 Å². The zero-order chi connectivity index (χ0) is 17.4. The number of hydrogen-bond donors (Lipinski definition) is 1. The van der Waals surface area contributed by atoms with Crippen molar-refractivity contribution < 1.29 is 9.59 Å². The molecule has 0 unspecified atom stereocenters. The van der Waals surface area contributed by atoms with Crippen LogP contribution in [-0.2, 0) is 4.79 Å². The van der Waals surface area contributed by atoms with E-state index in [1.807, 2.05) is 12.1 Å². The molecule has 3 aromatic heterocycles. The Kier molecular flexibility index (Phi) is 3.68. The minimum Gasteiger partial charge on any atom is -0.346 e. The van der Waals surface area contributed by atoms with Crippen molar-refractivity contribution in [1.29, 1.82) is 0 Å². The minimum atomic E-state index is -0.298. The second-order valence-electron chi connectivity index (χ2n) is 6.13. The third-order valence-corrected chi connectivity index (χ3v) is 4.58. The Hall–Kier alpha value is -3.22. The quantitative estimate of drug-likeness (QED) is 0.785. The smallest absolute Gasteiger partial charge is 0.253 e. The number of carbonyl (C=O) groups is 2. The Bertz CT molecular complexity index is 937. The molecule has 0 spiro atoms. The molecular weight excluding hydrogens is 318 g/mol. The van der Waals surface area contributed by atoms with E-state index in [9.17, 15) is 9.59 Å². The van der Waals surface area contributed by atoms with Gasteiger partial charge in [-0.3, -0.25) is 14.6 Å². The summed E-state index contributed by atoms with van der Waals surface area (Å²) in [4.78, 5) is 34.8. The van der Waals surface area contributed by atoms with Gasteiger partial charge in [-0.15, -0.1) is 0 Å². The van der Waals surface area contributed by atoms with Crippen LogP contribution in [0.2, 0.25) is 0 Å². The number of nitrogens with zero attached hydrogens (tertiary/aromatic N) is 4. The van der Waals surface area contributed by atoms with Gasteiger partial charge in [0.1, 0.15) is 5.65 Å². The van der Waals surface area contributed by atoms with Crippen molar-refractivity contribution in [3.63, 3.8) is 0 Å². The lowest BCUT2D eigenvalue weighted by Crippen LogP contribution is -2.39. The molecule has 25 heavy (non-hydrogen) atoms. The molecule has 4 heterocycles. The van der Waals surface area contributed by atoms with Crippen molar-refractivity contribution in [2.75, 3.05) is 7.05 Å². The molecule has 0 saturated carbocycles. The van der Waals surface area contributed by atoms with Crippen LogP contribution < -0.4 is 5.32 Å². The molecule has 4 rings (SSSR count). The standard InChI is InChI=1S/C18H17N5O2/c1-22-16(24)9-14(17(22)12-3-2-6-19-10-12)21-18(25)13-4-5-15-20-7-8-23(15)11-13/h2-8,10-11,14,17H,9H2,1H3,(H,21,25)/t14-,17+/m1/s1. The fourth-order valence-corrected chi connectivity index (χ4v) is 3.31. The summed E-state index contributed by atoms with van der Waals surface area (Å²) in [5.74, 6) is -0.207. The number of likely N-dealkylation sites (tertiary alicyclic amines) is 1. The maximum Gasteiger partial charge on any atom is 0.253 e. The number of imidazole rings is 1. The van der Waals surface area contributed by atoms with Crippen molar-refractivity contribution in [3.05, 3.63) is 66.4 Å². The highest BCUT2D eigenvalue weighted by atomic mass is 16.2. The van der Waals surface area contributed by atoms with E-state index in [1.54, 1.807) is 59.5 Å². The number of hydrogen-bond acceptors (Lipinski definition) is 4. The van der Waals surface area contributed by atoms with Crippen LogP contribution >= 0.6 is 0 Å². The first-order valence-corrected chi connectivity index (χ1v) is 8.02. The minimum absolute atomic E-state index is 0.00390. The summed E-state index contributed by atoms with van der Waals surface area (Å²) < 4.78 is 1.79. The first-order chi connectivity index (χ1) is 12.1. The van der Waals surface area contributed by atoms with E-state index in [0.717, 1.165) is 11.2 Å². The lowest BCUT2D eigenvalue weighted by Gasteiger charge is -2.25. The van der Waals surface area contributed by atoms with Crippen LogP contribution in [0.15, 0.2) is 55.2 Å². The average molecular weight is 335 g/mol. The molecule has 2 atom stereocenters. The van der Waals surface area contributed by atoms with E-state index in [-0.39, 0.29) is 30.3 Å². The molecule has 0 bridgehead atoms. The first kappa shape index (κ1) is 15.3. The van der Waals surface area contributed by atoms with Gasteiger partial charge < -0.3 is 14.6 Å². The number of rotatable bonds is 3.